The van der Waals surface area contributed by atoms with Crippen LogP contribution < -0.4 is 5.32 Å². The Morgan fingerprint density at radius 2 is 1.75 bits per heavy atom. The summed E-state index contributed by atoms with van der Waals surface area (Å²) in [6, 6.07) is 1.46. The molecule has 0 aromatic rings. The Balaban J connectivity index is 1.80. The van der Waals surface area contributed by atoms with Gasteiger partial charge in [0.05, 0.1) is 0 Å². The molecule has 2 fully saturated rings. The summed E-state index contributed by atoms with van der Waals surface area (Å²) in [4.78, 5) is 2.69. The first kappa shape index (κ1) is 16.3. The molecule has 0 radical (unpaired) electrons. The van der Waals surface area contributed by atoms with Gasteiger partial charge in [0, 0.05) is 18.6 Å². The van der Waals surface area contributed by atoms with Crippen LogP contribution >= 0.6 is 0 Å². The lowest BCUT2D eigenvalue weighted by molar-refractivity contribution is 0.137. The molecule has 20 heavy (non-hydrogen) atoms. The second kappa shape index (κ2) is 7.79. The van der Waals surface area contributed by atoms with Crippen molar-refractivity contribution in [3.63, 3.8) is 0 Å². The first-order valence-electron chi connectivity index (χ1n) is 9.05. The summed E-state index contributed by atoms with van der Waals surface area (Å²) in [6.45, 7) is 13.5. The molecule has 0 spiro atoms. The molecule has 4 atom stereocenters. The highest BCUT2D eigenvalue weighted by Gasteiger charge is 2.30. The normalized spacial score (nSPS) is 34.4. The maximum absolute atomic E-state index is 3.94. The van der Waals surface area contributed by atoms with E-state index in [4.69, 9.17) is 0 Å². The van der Waals surface area contributed by atoms with Crippen LogP contribution in [0.15, 0.2) is 0 Å². The Morgan fingerprint density at radius 1 is 1.05 bits per heavy atom. The summed E-state index contributed by atoms with van der Waals surface area (Å²) in [5.41, 5.74) is 0. The zero-order valence-electron chi connectivity index (χ0n) is 14.2. The summed E-state index contributed by atoms with van der Waals surface area (Å²) < 4.78 is 0. The molecule has 2 rings (SSSR count). The van der Waals surface area contributed by atoms with E-state index in [0.717, 1.165) is 23.8 Å². The number of nitrogens with one attached hydrogen (secondary N) is 1. The maximum Gasteiger partial charge on any atom is 0.0192 e. The highest BCUT2D eigenvalue weighted by atomic mass is 15.2. The van der Waals surface area contributed by atoms with Crippen LogP contribution in [0.25, 0.3) is 0 Å². The van der Waals surface area contributed by atoms with E-state index in [1.54, 1.807) is 0 Å². The molecule has 118 valence electrons. The smallest absolute Gasteiger partial charge is 0.0192 e. The maximum atomic E-state index is 3.94. The zero-order chi connectivity index (χ0) is 14.5. The molecule has 2 aliphatic rings. The van der Waals surface area contributed by atoms with Crippen LogP contribution in [0.3, 0.4) is 0 Å². The van der Waals surface area contributed by atoms with E-state index in [9.17, 15) is 0 Å². The van der Waals surface area contributed by atoms with E-state index in [1.807, 2.05) is 0 Å². The van der Waals surface area contributed by atoms with Crippen LogP contribution in [-0.4, -0.2) is 36.6 Å². The van der Waals surface area contributed by atoms with Gasteiger partial charge in [0.25, 0.3) is 0 Å². The van der Waals surface area contributed by atoms with Gasteiger partial charge in [-0.1, -0.05) is 33.6 Å². The summed E-state index contributed by atoms with van der Waals surface area (Å²) in [7, 11) is 0. The molecule has 1 saturated heterocycles. The van der Waals surface area contributed by atoms with Crippen LogP contribution in [0.2, 0.25) is 0 Å². The first-order valence-corrected chi connectivity index (χ1v) is 9.05. The third-order valence-electron chi connectivity index (χ3n) is 5.71. The zero-order valence-corrected chi connectivity index (χ0v) is 14.2. The number of rotatable bonds is 5. The molecular weight excluding hydrogens is 244 g/mol. The monoisotopic (exact) mass is 280 g/mol. The van der Waals surface area contributed by atoms with Gasteiger partial charge in [-0.3, -0.25) is 4.90 Å². The van der Waals surface area contributed by atoms with Crippen LogP contribution in [0.1, 0.15) is 66.2 Å². The fourth-order valence-corrected chi connectivity index (χ4v) is 4.25. The third-order valence-corrected chi connectivity index (χ3v) is 5.71. The summed E-state index contributed by atoms with van der Waals surface area (Å²) in [6.07, 6.45) is 8.48. The first-order chi connectivity index (χ1) is 9.58. The Kier molecular flexibility index (Phi) is 6.35. The molecule has 2 heteroatoms. The van der Waals surface area contributed by atoms with Crippen LogP contribution in [0.4, 0.5) is 0 Å². The predicted octanol–water partition coefficient (Wildman–Crippen LogP) is 3.91. The highest BCUT2D eigenvalue weighted by molar-refractivity contribution is 4.86. The third kappa shape index (κ3) is 4.46. The Morgan fingerprint density at radius 3 is 2.40 bits per heavy atom. The fourth-order valence-electron chi connectivity index (χ4n) is 4.25. The van der Waals surface area contributed by atoms with Crippen molar-refractivity contribution in [2.75, 3.05) is 19.6 Å². The Bertz CT molecular complexity index is 271. The lowest BCUT2D eigenvalue weighted by atomic mass is 9.74. The van der Waals surface area contributed by atoms with Gasteiger partial charge in [-0.2, -0.15) is 0 Å². The van der Waals surface area contributed by atoms with E-state index in [-0.39, 0.29) is 0 Å². The van der Waals surface area contributed by atoms with Crippen molar-refractivity contribution in [3.05, 3.63) is 0 Å². The van der Waals surface area contributed by atoms with Crippen LogP contribution in [0.5, 0.6) is 0 Å². The average Bonchev–Trinajstić information content (AvgIpc) is 2.45. The summed E-state index contributed by atoms with van der Waals surface area (Å²) in [5, 5.41) is 3.94. The quantitative estimate of drug-likeness (QED) is 0.821. The van der Waals surface area contributed by atoms with Gasteiger partial charge in [0.1, 0.15) is 0 Å². The van der Waals surface area contributed by atoms with Gasteiger partial charge in [-0.15, -0.1) is 0 Å². The number of likely N-dealkylation sites (tertiary alicyclic amines) is 1. The van der Waals surface area contributed by atoms with E-state index in [1.165, 1.54) is 58.2 Å². The summed E-state index contributed by atoms with van der Waals surface area (Å²) >= 11 is 0. The van der Waals surface area contributed by atoms with Gasteiger partial charge in [-0.25, -0.2) is 0 Å². The molecule has 2 nitrogen and oxygen atoms in total. The molecule has 1 N–H and O–H groups in total. The molecule has 1 saturated carbocycles. The number of nitrogens with zero attached hydrogens (tertiary/aromatic N) is 1. The van der Waals surface area contributed by atoms with Crippen molar-refractivity contribution in [2.24, 2.45) is 17.8 Å². The second-order valence-electron chi connectivity index (χ2n) is 7.79. The van der Waals surface area contributed by atoms with Crippen molar-refractivity contribution in [3.8, 4) is 0 Å². The molecular formula is C18H36N2. The molecule has 0 amide bonds. The standard InChI is InChI=1S/C18H36N2/c1-14(2)17-9-8-15(3)12-18(17)19-13-16(4)20-10-6-5-7-11-20/h14-19H,5-13H2,1-4H3. The fraction of sp³-hybridized carbons (Fsp3) is 1.00. The molecule has 1 aliphatic heterocycles. The summed E-state index contributed by atoms with van der Waals surface area (Å²) in [5.74, 6) is 2.62. The van der Waals surface area contributed by atoms with Crippen molar-refractivity contribution in [1.82, 2.24) is 10.2 Å². The molecule has 4 unspecified atom stereocenters. The topological polar surface area (TPSA) is 15.3 Å². The highest BCUT2D eigenvalue weighted by Crippen LogP contribution is 2.33. The number of piperidine rings is 1. The lowest BCUT2D eigenvalue weighted by Gasteiger charge is -2.40. The van der Waals surface area contributed by atoms with E-state index < -0.39 is 0 Å². The largest absolute Gasteiger partial charge is 0.312 e. The van der Waals surface area contributed by atoms with Gasteiger partial charge in [-0.05, 0) is 63.5 Å². The van der Waals surface area contributed by atoms with E-state index >= 15 is 0 Å². The van der Waals surface area contributed by atoms with Crippen molar-refractivity contribution < 1.29 is 0 Å². The minimum absolute atomic E-state index is 0.709. The van der Waals surface area contributed by atoms with Crippen LogP contribution in [-0.2, 0) is 0 Å². The second-order valence-corrected chi connectivity index (χ2v) is 7.79. The number of hydrogen-bond donors (Lipinski definition) is 1. The molecule has 0 aromatic carbocycles. The van der Waals surface area contributed by atoms with Gasteiger partial charge >= 0.3 is 0 Å². The SMILES string of the molecule is CC1CCC(C(C)C)C(NCC(C)N2CCCCC2)C1. The van der Waals surface area contributed by atoms with Gasteiger partial charge < -0.3 is 5.32 Å². The van der Waals surface area contributed by atoms with E-state index in [2.05, 4.69) is 37.9 Å². The predicted molar refractivity (Wildman–Crippen MR) is 88.0 cm³/mol. The minimum atomic E-state index is 0.709. The molecule has 1 heterocycles. The van der Waals surface area contributed by atoms with Gasteiger partial charge in [0.2, 0.25) is 0 Å². The van der Waals surface area contributed by atoms with Crippen molar-refractivity contribution in [2.45, 2.75) is 78.3 Å². The van der Waals surface area contributed by atoms with Gasteiger partial charge in [0.15, 0.2) is 0 Å². The number of hydrogen-bond acceptors (Lipinski definition) is 2. The van der Waals surface area contributed by atoms with E-state index in [0.29, 0.717) is 6.04 Å². The van der Waals surface area contributed by atoms with Crippen molar-refractivity contribution in [1.29, 1.82) is 0 Å². The Hall–Kier alpha value is -0.0800. The Labute approximate surface area is 126 Å². The lowest BCUT2D eigenvalue weighted by Crippen LogP contribution is -2.49. The minimum Gasteiger partial charge on any atom is -0.312 e. The average molecular weight is 280 g/mol. The molecule has 0 bridgehead atoms. The van der Waals surface area contributed by atoms with Crippen molar-refractivity contribution >= 4 is 0 Å². The van der Waals surface area contributed by atoms with Crippen LogP contribution in [0, 0.1) is 17.8 Å². The molecule has 1 aliphatic carbocycles. The molecule has 0 aromatic heterocycles.